The van der Waals surface area contributed by atoms with Gasteiger partial charge in [0.25, 0.3) is 0 Å². The van der Waals surface area contributed by atoms with Crippen LogP contribution in [-0.2, 0) is 4.79 Å². The first-order chi connectivity index (χ1) is 14.2. The quantitative estimate of drug-likeness (QED) is 0.713. The Morgan fingerprint density at radius 2 is 1.97 bits per heavy atom. The molecule has 1 unspecified atom stereocenters. The van der Waals surface area contributed by atoms with Crippen LogP contribution in [0.25, 0.3) is 11.3 Å². The van der Waals surface area contributed by atoms with E-state index in [0.717, 1.165) is 42.9 Å². The zero-order valence-electron chi connectivity index (χ0n) is 16.1. The Kier molecular flexibility index (Phi) is 5.91. The second kappa shape index (κ2) is 8.92. The number of anilines is 1. The number of piperidine rings is 1. The summed E-state index contributed by atoms with van der Waals surface area (Å²) in [6, 6.07) is 15.8. The molecule has 1 fully saturated rings. The van der Waals surface area contributed by atoms with Crippen LogP contribution in [0, 0.1) is 5.82 Å². The fourth-order valence-electron chi connectivity index (χ4n) is 3.71. The van der Waals surface area contributed by atoms with Gasteiger partial charge in [-0.1, -0.05) is 6.07 Å². The number of aromatic nitrogens is 2. The maximum absolute atomic E-state index is 13.0. The van der Waals surface area contributed by atoms with Gasteiger partial charge in [-0.15, -0.1) is 0 Å². The smallest absolute Gasteiger partial charge is 0.238 e. The number of hydrogen-bond donors (Lipinski definition) is 1. The maximum Gasteiger partial charge on any atom is 0.238 e. The fourth-order valence-corrected chi connectivity index (χ4v) is 3.71. The van der Waals surface area contributed by atoms with Crippen LogP contribution in [0.15, 0.2) is 67.0 Å². The van der Waals surface area contributed by atoms with Crippen molar-refractivity contribution in [3.63, 3.8) is 0 Å². The summed E-state index contributed by atoms with van der Waals surface area (Å²) < 4.78 is 13.0. The molecule has 0 saturated carbocycles. The number of likely N-dealkylation sites (tertiary alicyclic amines) is 1. The second-order valence-electron chi connectivity index (χ2n) is 7.32. The largest absolute Gasteiger partial charge is 0.325 e. The summed E-state index contributed by atoms with van der Waals surface area (Å²) >= 11 is 0. The predicted octanol–water partition coefficient (Wildman–Crippen LogP) is 4.10. The van der Waals surface area contributed by atoms with Crippen LogP contribution in [-0.4, -0.2) is 40.4 Å². The van der Waals surface area contributed by atoms with Crippen LogP contribution in [0.1, 0.15) is 24.5 Å². The van der Waals surface area contributed by atoms with E-state index in [-0.39, 0.29) is 11.7 Å². The number of rotatable bonds is 5. The van der Waals surface area contributed by atoms with Gasteiger partial charge in [-0.3, -0.25) is 19.7 Å². The molecular formula is C23H23FN4O. The molecule has 0 spiro atoms. The monoisotopic (exact) mass is 390 g/mol. The number of benzene rings is 1. The van der Waals surface area contributed by atoms with Crippen molar-refractivity contribution < 1.29 is 9.18 Å². The Bertz CT molecular complexity index is 945. The first-order valence-electron chi connectivity index (χ1n) is 9.82. The van der Waals surface area contributed by atoms with Gasteiger partial charge < -0.3 is 5.32 Å². The highest BCUT2D eigenvalue weighted by Gasteiger charge is 2.23. The van der Waals surface area contributed by atoms with Gasteiger partial charge in [0.2, 0.25) is 5.91 Å². The molecule has 1 aromatic carbocycles. The minimum atomic E-state index is -0.316. The topological polar surface area (TPSA) is 58.1 Å². The fraction of sp³-hybridized carbons (Fsp3) is 0.261. The third kappa shape index (κ3) is 5.03. The number of nitrogens with zero attached hydrogens (tertiary/aromatic N) is 3. The molecule has 0 aliphatic carbocycles. The number of nitrogens with one attached hydrogen (secondary N) is 1. The summed E-state index contributed by atoms with van der Waals surface area (Å²) in [5, 5.41) is 2.83. The molecule has 0 bridgehead atoms. The normalized spacial score (nSPS) is 17.1. The lowest BCUT2D eigenvalue weighted by atomic mass is 9.94. The Morgan fingerprint density at radius 1 is 1.10 bits per heavy atom. The standard InChI is InChI=1S/C23H23FN4O/c24-19-7-9-20(10-8-19)27-23(29)16-28-13-3-4-18(15-28)22-11-6-17(14-26-22)21-5-1-2-12-25-21/h1-2,5-12,14,18H,3-4,13,15-16H2,(H,27,29). The zero-order valence-corrected chi connectivity index (χ0v) is 16.1. The van der Waals surface area contributed by atoms with Crippen LogP contribution in [0.4, 0.5) is 10.1 Å². The summed E-state index contributed by atoms with van der Waals surface area (Å²) in [4.78, 5) is 23.5. The van der Waals surface area contributed by atoms with Crippen molar-refractivity contribution in [1.82, 2.24) is 14.9 Å². The average Bonchev–Trinajstić information content (AvgIpc) is 2.76. The van der Waals surface area contributed by atoms with Crippen LogP contribution >= 0.6 is 0 Å². The van der Waals surface area contributed by atoms with Crippen LogP contribution < -0.4 is 5.32 Å². The molecular weight excluding hydrogens is 367 g/mol. The molecule has 0 radical (unpaired) electrons. The van der Waals surface area contributed by atoms with E-state index in [9.17, 15) is 9.18 Å². The number of amides is 1. The van der Waals surface area contributed by atoms with E-state index in [1.165, 1.54) is 12.1 Å². The van der Waals surface area contributed by atoms with Crippen molar-refractivity contribution in [2.24, 2.45) is 0 Å². The molecule has 6 heteroatoms. The number of hydrogen-bond acceptors (Lipinski definition) is 4. The van der Waals surface area contributed by atoms with E-state index in [4.69, 9.17) is 0 Å². The second-order valence-corrected chi connectivity index (χ2v) is 7.32. The first-order valence-corrected chi connectivity index (χ1v) is 9.82. The van der Waals surface area contributed by atoms with Crippen molar-refractivity contribution in [2.45, 2.75) is 18.8 Å². The number of carbonyl (C=O) groups excluding carboxylic acids is 1. The van der Waals surface area contributed by atoms with Crippen LogP contribution in [0.3, 0.4) is 0 Å². The molecule has 3 heterocycles. The van der Waals surface area contributed by atoms with E-state index < -0.39 is 0 Å². The first kappa shape index (κ1) is 19.2. The third-order valence-corrected chi connectivity index (χ3v) is 5.17. The number of carbonyl (C=O) groups is 1. The van der Waals surface area contributed by atoms with Crippen molar-refractivity contribution in [3.8, 4) is 11.3 Å². The van der Waals surface area contributed by atoms with Gasteiger partial charge in [0.05, 0.1) is 12.2 Å². The molecule has 1 aliphatic rings. The highest BCUT2D eigenvalue weighted by Crippen LogP contribution is 2.27. The molecule has 3 aromatic rings. The van der Waals surface area contributed by atoms with Gasteiger partial charge in [0.15, 0.2) is 0 Å². The van der Waals surface area contributed by atoms with Gasteiger partial charge in [0.1, 0.15) is 5.82 Å². The van der Waals surface area contributed by atoms with Crippen molar-refractivity contribution in [1.29, 1.82) is 0 Å². The number of halogens is 1. The van der Waals surface area contributed by atoms with E-state index in [1.807, 2.05) is 24.4 Å². The molecule has 1 amide bonds. The van der Waals surface area contributed by atoms with Crippen LogP contribution in [0.2, 0.25) is 0 Å². The molecule has 1 aliphatic heterocycles. The third-order valence-electron chi connectivity index (χ3n) is 5.17. The molecule has 1 atom stereocenters. The van der Waals surface area contributed by atoms with E-state index >= 15 is 0 Å². The molecule has 4 rings (SSSR count). The zero-order chi connectivity index (χ0) is 20.1. The van der Waals surface area contributed by atoms with E-state index in [1.54, 1.807) is 18.3 Å². The Balaban J connectivity index is 1.35. The number of pyridine rings is 2. The summed E-state index contributed by atoms with van der Waals surface area (Å²) in [6.45, 7) is 2.01. The van der Waals surface area contributed by atoms with Gasteiger partial charge in [-0.25, -0.2) is 4.39 Å². The van der Waals surface area contributed by atoms with Crippen molar-refractivity contribution in [2.75, 3.05) is 25.0 Å². The van der Waals surface area contributed by atoms with Gasteiger partial charge in [-0.2, -0.15) is 0 Å². The Morgan fingerprint density at radius 3 is 2.69 bits per heavy atom. The highest BCUT2D eigenvalue weighted by molar-refractivity contribution is 5.92. The summed E-state index contributed by atoms with van der Waals surface area (Å²) in [6.07, 6.45) is 5.74. The van der Waals surface area contributed by atoms with Crippen LogP contribution in [0.5, 0.6) is 0 Å². The van der Waals surface area contributed by atoms with Crippen molar-refractivity contribution >= 4 is 11.6 Å². The summed E-state index contributed by atoms with van der Waals surface area (Å²) in [7, 11) is 0. The van der Waals surface area contributed by atoms with E-state index in [2.05, 4.69) is 32.3 Å². The molecule has 5 nitrogen and oxygen atoms in total. The lowest BCUT2D eigenvalue weighted by molar-refractivity contribution is -0.117. The van der Waals surface area contributed by atoms with E-state index in [0.29, 0.717) is 18.2 Å². The highest BCUT2D eigenvalue weighted by atomic mass is 19.1. The molecule has 29 heavy (non-hydrogen) atoms. The SMILES string of the molecule is O=C(CN1CCCC(c2ccc(-c3ccccn3)cn2)C1)Nc1ccc(F)cc1. The molecule has 148 valence electrons. The summed E-state index contributed by atoms with van der Waals surface area (Å²) in [5.74, 6) is -0.0979. The van der Waals surface area contributed by atoms with Crippen molar-refractivity contribution in [3.05, 3.63) is 78.5 Å². The lowest BCUT2D eigenvalue weighted by Gasteiger charge is -2.32. The van der Waals surface area contributed by atoms with Gasteiger partial charge in [0, 0.05) is 41.8 Å². The molecule has 2 aromatic heterocycles. The predicted molar refractivity (Wildman–Crippen MR) is 111 cm³/mol. The molecule has 1 N–H and O–H groups in total. The minimum Gasteiger partial charge on any atom is -0.325 e. The maximum atomic E-state index is 13.0. The average molecular weight is 390 g/mol. The van der Waals surface area contributed by atoms with Gasteiger partial charge >= 0.3 is 0 Å². The van der Waals surface area contributed by atoms with Gasteiger partial charge in [-0.05, 0) is 67.9 Å². The lowest BCUT2D eigenvalue weighted by Crippen LogP contribution is -2.40. The Hall–Kier alpha value is -3.12. The minimum absolute atomic E-state index is 0.0873. The molecule has 1 saturated heterocycles. The summed E-state index contributed by atoms with van der Waals surface area (Å²) in [5.41, 5.74) is 3.57. The Labute approximate surface area is 169 Å².